The van der Waals surface area contributed by atoms with Crippen molar-refractivity contribution < 1.29 is 4.79 Å². The van der Waals surface area contributed by atoms with Crippen LogP contribution in [-0.2, 0) is 0 Å². The number of halogens is 1. The number of carbonyl (C=O) groups excluding carboxylic acids is 1. The molecule has 2 aliphatic heterocycles. The summed E-state index contributed by atoms with van der Waals surface area (Å²) in [5.74, 6) is 1.66. The van der Waals surface area contributed by atoms with Crippen molar-refractivity contribution in [2.24, 2.45) is 5.92 Å². The molecule has 2 aromatic carbocycles. The topological polar surface area (TPSA) is 23.6 Å². The molecule has 2 saturated heterocycles. The van der Waals surface area contributed by atoms with Crippen molar-refractivity contribution in [2.75, 3.05) is 32.7 Å². The number of hydrogen-bond acceptors (Lipinski definition) is 3. The normalized spacial score (nSPS) is 22.3. The number of rotatable bonds is 5. The van der Waals surface area contributed by atoms with Gasteiger partial charge in [-0.1, -0.05) is 41.9 Å². The predicted molar refractivity (Wildman–Crippen MR) is 133 cm³/mol. The van der Waals surface area contributed by atoms with Gasteiger partial charge in [0, 0.05) is 36.1 Å². The fourth-order valence-corrected chi connectivity index (χ4v) is 6.22. The Morgan fingerprint density at radius 1 is 0.938 bits per heavy atom. The molecule has 3 heterocycles. The molecule has 0 bridgehead atoms. The largest absolute Gasteiger partial charge is 0.338 e. The van der Waals surface area contributed by atoms with Crippen LogP contribution in [0.2, 0.25) is 5.02 Å². The van der Waals surface area contributed by atoms with Gasteiger partial charge in [-0.2, -0.15) is 11.3 Å². The molecule has 166 valence electrons. The average molecular weight is 465 g/mol. The quantitative estimate of drug-likeness (QED) is 0.453. The maximum atomic E-state index is 13.2. The molecule has 1 amide bonds. The molecule has 0 aliphatic carbocycles. The lowest BCUT2D eigenvalue weighted by Crippen LogP contribution is -2.38. The molecule has 2 atom stereocenters. The Morgan fingerprint density at radius 3 is 2.38 bits per heavy atom. The molecule has 3 nitrogen and oxygen atoms in total. The second-order valence-electron chi connectivity index (χ2n) is 9.13. The van der Waals surface area contributed by atoms with Crippen LogP contribution in [0.4, 0.5) is 0 Å². The van der Waals surface area contributed by atoms with Gasteiger partial charge >= 0.3 is 0 Å². The zero-order chi connectivity index (χ0) is 21.9. The molecule has 1 aromatic heterocycles. The van der Waals surface area contributed by atoms with Crippen LogP contribution in [0, 0.1) is 5.92 Å². The standard InChI is InChI=1S/C27H29ClN2OS/c28-25-8-6-22(7-9-25)27(31)30-17-24(26(18-30)23-12-15-32-19-23)16-29-13-10-21(11-14-29)20-4-2-1-3-5-20/h1-9,12,15,19,21,24,26H,10-11,13-14,16-18H2. The van der Waals surface area contributed by atoms with Crippen molar-refractivity contribution in [1.82, 2.24) is 9.80 Å². The van der Waals surface area contributed by atoms with Crippen molar-refractivity contribution in [3.05, 3.63) is 93.1 Å². The van der Waals surface area contributed by atoms with Gasteiger partial charge in [0.15, 0.2) is 0 Å². The number of thiophene rings is 1. The van der Waals surface area contributed by atoms with Gasteiger partial charge in [0.05, 0.1) is 0 Å². The van der Waals surface area contributed by atoms with Gasteiger partial charge in [-0.15, -0.1) is 0 Å². The summed E-state index contributed by atoms with van der Waals surface area (Å²) in [7, 11) is 0. The highest BCUT2D eigenvalue weighted by Gasteiger charge is 2.38. The molecule has 2 unspecified atom stereocenters. The Balaban J connectivity index is 1.25. The van der Waals surface area contributed by atoms with Crippen molar-refractivity contribution >= 4 is 28.8 Å². The molecule has 2 fully saturated rings. The van der Waals surface area contributed by atoms with Gasteiger partial charge in [0.25, 0.3) is 5.91 Å². The first kappa shape index (κ1) is 21.7. The first-order chi connectivity index (χ1) is 15.7. The highest BCUT2D eigenvalue weighted by molar-refractivity contribution is 7.08. The van der Waals surface area contributed by atoms with Crippen molar-refractivity contribution in [1.29, 1.82) is 0 Å². The predicted octanol–water partition coefficient (Wildman–Crippen LogP) is 6.14. The zero-order valence-corrected chi connectivity index (χ0v) is 19.8. The van der Waals surface area contributed by atoms with Gasteiger partial charge in [-0.25, -0.2) is 0 Å². The number of carbonyl (C=O) groups is 1. The molecule has 0 N–H and O–H groups in total. The molecule has 5 heteroatoms. The lowest BCUT2D eigenvalue weighted by molar-refractivity contribution is 0.0781. The van der Waals surface area contributed by atoms with E-state index in [1.807, 2.05) is 17.0 Å². The first-order valence-electron chi connectivity index (χ1n) is 11.5. The second kappa shape index (κ2) is 9.78. The smallest absolute Gasteiger partial charge is 0.253 e. The second-order valence-corrected chi connectivity index (χ2v) is 10.3. The van der Waals surface area contributed by atoms with Crippen LogP contribution in [0.25, 0.3) is 0 Å². The molecular weight excluding hydrogens is 436 g/mol. The van der Waals surface area contributed by atoms with E-state index in [4.69, 9.17) is 11.6 Å². The van der Waals surface area contributed by atoms with Gasteiger partial charge < -0.3 is 9.80 Å². The molecular formula is C27H29ClN2OS. The van der Waals surface area contributed by atoms with Crippen LogP contribution in [-0.4, -0.2) is 48.4 Å². The number of nitrogens with zero attached hydrogens (tertiary/aromatic N) is 2. The molecule has 32 heavy (non-hydrogen) atoms. The van der Waals surface area contributed by atoms with E-state index in [0.29, 0.717) is 22.8 Å². The Bertz CT molecular complexity index is 1010. The van der Waals surface area contributed by atoms with Gasteiger partial charge in [-0.05, 0) is 90.0 Å². The Hall–Kier alpha value is -2.14. The number of benzene rings is 2. The van der Waals surface area contributed by atoms with E-state index in [9.17, 15) is 4.79 Å². The lowest BCUT2D eigenvalue weighted by atomic mass is 9.87. The summed E-state index contributed by atoms with van der Waals surface area (Å²) >= 11 is 7.77. The van der Waals surface area contributed by atoms with Gasteiger partial charge in [-0.3, -0.25) is 4.79 Å². The van der Waals surface area contributed by atoms with Crippen LogP contribution in [0.1, 0.15) is 46.2 Å². The third-order valence-electron chi connectivity index (χ3n) is 7.14. The van der Waals surface area contributed by atoms with Crippen molar-refractivity contribution in [3.63, 3.8) is 0 Å². The molecule has 3 aromatic rings. The SMILES string of the molecule is O=C(c1ccc(Cl)cc1)N1CC(CN2CCC(c3ccccc3)CC2)C(c2ccsc2)C1. The first-order valence-corrected chi connectivity index (χ1v) is 12.8. The van der Waals surface area contributed by atoms with Crippen molar-refractivity contribution in [3.8, 4) is 0 Å². The monoisotopic (exact) mass is 464 g/mol. The van der Waals surface area contributed by atoms with E-state index < -0.39 is 0 Å². The molecule has 5 rings (SSSR count). The van der Waals surface area contributed by atoms with Gasteiger partial charge in [0.2, 0.25) is 0 Å². The number of piperidine rings is 1. The maximum absolute atomic E-state index is 13.2. The third-order valence-corrected chi connectivity index (χ3v) is 8.10. The fraction of sp³-hybridized carbons (Fsp3) is 0.370. The van der Waals surface area contributed by atoms with Crippen LogP contribution >= 0.6 is 22.9 Å². The molecule has 0 saturated carbocycles. The maximum Gasteiger partial charge on any atom is 0.253 e. The number of hydrogen-bond donors (Lipinski definition) is 0. The third kappa shape index (κ3) is 4.78. The Kier molecular flexibility index (Phi) is 6.63. The summed E-state index contributed by atoms with van der Waals surface area (Å²) < 4.78 is 0. The van der Waals surface area contributed by atoms with Crippen LogP contribution < -0.4 is 0 Å². The van der Waals surface area contributed by atoms with E-state index in [2.05, 4.69) is 52.1 Å². The minimum absolute atomic E-state index is 0.118. The Labute approximate surface area is 199 Å². The van der Waals surface area contributed by atoms with E-state index in [-0.39, 0.29) is 5.91 Å². The molecule has 0 spiro atoms. The molecule has 0 radical (unpaired) electrons. The summed E-state index contributed by atoms with van der Waals surface area (Å²) in [6.45, 7) is 4.95. The zero-order valence-electron chi connectivity index (χ0n) is 18.2. The van der Waals surface area contributed by atoms with Crippen LogP contribution in [0.3, 0.4) is 0 Å². The minimum Gasteiger partial charge on any atom is -0.338 e. The van der Waals surface area contributed by atoms with E-state index in [1.54, 1.807) is 23.5 Å². The van der Waals surface area contributed by atoms with E-state index in [1.165, 1.54) is 24.0 Å². The minimum atomic E-state index is 0.118. The summed E-state index contributed by atoms with van der Waals surface area (Å²) in [6, 6.07) is 20.5. The Morgan fingerprint density at radius 2 is 1.69 bits per heavy atom. The fourth-order valence-electron chi connectivity index (χ4n) is 5.37. The van der Waals surface area contributed by atoms with Gasteiger partial charge in [0.1, 0.15) is 0 Å². The van der Waals surface area contributed by atoms with Crippen molar-refractivity contribution in [2.45, 2.75) is 24.7 Å². The highest BCUT2D eigenvalue weighted by Crippen LogP contribution is 2.36. The lowest BCUT2D eigenvalue weighted by Gasteiger charge is -2.34. The number of likely N-dealkylation sites (tertiary alicyclic amines) is 2. The van der Waals surface area contributed by atoms with E-state index in [0.717, 1.165) is 38.3 Å². The summed E-state index contributed by atoms with van der Waals surface area (Å²) in [5.41, 5.74) is 3.58. The highest BCUT2D eigenvalue weighted by atomic mass is 35.5. The number of amides is 1. The van der Waals surface area contributed by atoms with Crippen LogP contribution in [0.5, 0.6) is 0 Å². The summed E-state index contributed by atoms with van der Waals surface area (Å²) in [6.07, 6.45) is 2.43. The summed E-state index contributed by atoms with van der Waals surface area (Å²) in [4.78, 5) is 17.9. The van der Waals surface area contributed by atoms with E-state index >= 15 is 0 Å². The average Bonchev–Trinajstić information content (AvgIpc) is 3.50. The summed E-state index contributed by atoms with van der Waals surface area (Å²) in [5, 5.41) is 5.08. The van der Waals surface area contributed by atoms with Crippen LogP contribution in [0.15, 0.2) is 71.4 Å². The molecule has 2 aliphatic rings.